The maximum absolute atomic E-state index is 13.2. The number of fused-ring (bicyclic) bond motifs is 1. The zero-order valence-electron chi connectivity index (χ0n) is 16.5. The number of carbonyl (C=O) groups excluding carboxylic acids is 1. The van der Waals surface area contributed by atoms with E-state index in [1.807, 2.05) is 24.0 Å². The van der Waals surface area contributed by atoms with E-state index in [2.05, 4.69) is 27.8 Å². The first kappa shape index (κ1) is 19.7. The van der Waals surface area contributed by atoms with Gasteiger partial charge in [0.2, 0.25) is 0 Å². The lowest BCUT2D eigenvalue weighted by atomic mass is 10.1. The third-order valence-corrected chi connectivity index (χ3v) is 5.56. The zero-order chi connectivity index (χ0) is 19.3. The van der Waals surface area contributed by atoms with Crippen molar-refractivity contribution < 1.29 is 9.21 Å². The van der Waals surface area contributed by atoms with Crippen LogP contribution in [0.3, 0.4) is 0 Å². The molecular weight excluding hydrogens is 392 g/mol. The van der Waals surface area contributed by atoms with Crippen molar-refractivity contribution in [3.63, 3.8) is 0 Å². The van der Waals surface area contributed by atoms with Crippen molar-refractivity contribution in [2.45, 2.75) is 38.6 Å². The van der Waals surface area contributed by atoms with Crippen molar-refractivity contribution >= 4 is 40.9 Å². The minimum absolute atomic E-state index is 0. The van der Waals surface area contributed by atoms with Gasteiger partial charge in [-0.1, -0.05) is 0 Å². The summed E-state index contributed by atoms with van der Waals surface area (Å²) in [7, 11) is 0. The van der Waals surface area contributed by atoms with Gasteiger partial charge in [-0.15, -0.1) is 12.4 Å². The minimum atomic E-state index is -0.0621. The van der Waals surface area contributed by atoms with Crippen LogP contribution in [-0.2, 0) is 0 Å². The van der Waals surface area contributed by atoms with Gasteiger partial charge in [0, 0.05) is 48.9 Å². The number of aryl methyl sites for hydroxylation is 1. The first-order valence-corrected chi connectivity index (χ1v) is 9.83. The van der Waals surface area contributed by atoms with E-state index in [9.17, 15) is 4.79 Å². The number of H-pyrrole nitrogens is 1. The molecule has 3 N–H and O–H groups in total. The highest BCUT2D eigenvalue weighted by atomic mass is 35.5. The van der Waals surface area contributed by atoms with Crippen LogP contribution in [-0.4, -0.2) is 51.7 Å². The molecule has 0 aromatic carbocycles. The van der Waals surface area contributed by atoms with E-state index in [1.54, 1.807) is 6.26 Å². The molecule has 0 unspecified atom stereocenters. The van der Waals surface area contributed by atoms with Crippen LogP contribution in [0.2, 0.25) is 0 Å². The summed E-state index contributed by atoms with van der Waals surface area (Å²) in [6.07, 6.45) is 4.04. The van der Waals surface area contributed by atoms with Gasteiger partial charge >= 0.3 is 0 Å². The highest BCUT2D eigenvalue weighted by Gasteiger charge is 2.28. The second kappa shape index (κ2) is 7.68. The number of pyridine rings is 1. The number of aromatic nitrogens is 3. The fraction of sp³-hybridized carbons (Fsp3) is 0.450. The molecule has 1 aliphatic carbocycles. The summed E-state index contributed by atoms with van der Waals surface area (Å²) in [6, 6.07) is 4.16. The third kappa shape index (κ3) is 3.70. The maximum Gasteiger partial charge on any atom is 0.273 e. The number of amides is 1. The number of aromatic amines is 1. The number of carbonyl (C=O) groups is 1. The van der Waals surface area contributed by atoms with Gasteiger partial charge in [0.25, 0.3) is 5.91 Å². The summed E-state index contributed by atoms with van der Waals surface area (Å²) in [6.45, 7) is 6.10. The average Bonchev–Trinajstić information content (AvgIpc) is 3.23. The van der Waals surface area contributed by atoms with Crippen LogP contribution in [0.1, 0.15) is 47.4 Å². The van der Waals surface area contributed by atoms with Gasteiger partial charge in [-0.3, -0.25) is 9.89 Å². The summed E-state index contributed by atoms with van der Waals surface area (Å²) >= 11 is 0. The quantitative estimate of drug-likeness (QED) is 0.603. The average molecular weight is 417 g/mol. The van der Waals surface area contributed by atoms with Crippen molar-refractivity contribution in [3.05, 3.63) is 35.3 Å². The Morgan fingerprint density at radius 2 is 2.21 bits per heavy atom. The number of nitrogens with zero attached hydrogens (tertiary/aromatic N) is 3. The van der Waals surface area contributed by atoms with Crippen LogP contribution in [0.25, 0.3) is 11.0 Å². The van der Waals surface area contributed by atoms with Crippen molar-refractivity contribution in [1.82, 2.24) is 25.4 Å². The predicted molar refractivity (Wildman–Crippen MR) is 113 cm³/mol. The number of furan rings is 1. The predicted octanol–water partition coefficient (Wildman–Crippen LogP) is 3.34. The molecule has 0 radical (unpaired) electrons. The number of piperazine rings is 1. The van der Waals surface area contributed by atoms with Crippen LogP contribution in [0.5, 0.6) is 0 Å². The van der Waals surface area contributed by atoms with E-state index in [0.29, 0.717) is 41.9 Å². The zero-order valence-corrected chi connectivity index (χ0v) is 17.3. The summed E-state index contributed by atoms with van der Waals surface area (Å²) in [5.41, 5.74) is 3.02. The molecule has 1 atom stereocenters. The van der Waals surface area contributed by atoms with E-state index >= 15 is 0 Å². The van der Waals surface area contributed by atoms with Crippen molar-refractivity contribution in [3.8, 4) is 0 Å². The van der Waals surface area contributed by atoms with E-state index in [0.717, 1.165) is 23.2 Å². The van der Waals surface area contributed by atoms with Crippen LogP contribution in [0.15, 0.2) is 22.8 Å². The Hall–Kier alpha value is -2.58. The Bertz CT molecular complexity index is 1040. The van der Waals surface area contributed by atoms with E-state index in [1.165, 1.54) is 12.8 Å². The molecule has 0 spiro atoms. The molecule has 3 aromatic heterocycles. The molecule has 1 amide bonds. The summed E-state index contributed by atoms with van der Waals surface area (Å²) in [4.78, 5) is 19.7. The largest absolute Gasteiger partial charge is 0.464 e. The Labute approximate surface area is 174 Å². The Balaban J connectivity index is 0.00000205. The van der Waals surface area contributed by atoms with Crippen molar-refractivity contribution in [2.75, 3.05) is 25.0 Å². The van der Waals surface area contributed by atoms with E-state index in [4.69, 9.17) is 9.40 Å². The highest BCUT2D eigenvalue weighted by Crippen LogP contribution is 2.40. The van der Waals surface area contributed by atoms with Crippen LogP contribution >= 0.6 is 12.4 Å². The molecule has 29 heavy (non-hydrogen) atoms. The monoisotopic (exact) mass is 416 g/mol. The standard InChI is InChI=1S/C20H24N6O2.ClH/c1-11-10-26(7-6-21-11)20(27)17-12(2)18-14(5-8-28-18)19(23-17)22-16-9-15(24-25-16)13-3-4-13;/h5,8-9,11,13,21H,3-4,6-7,10H2,1-2H3,(H2,22,23,24,25);1H/t11-;/m1./s1. The van der Waals surface area contributed by atoms with Gasteiger partial charge in [0.1, 0.15) is 17.1 Å². The fourth-order valence-electron chi connectivity index (χ4n) is 3.85. The minimum Gasteiger partial charge on any atom is -0.464 e. The summed E-state index contributed by atoms with van der Waals surface area (Å²) < 4.78 is 5.69. The highest BCUT2D eigenvalue weighted by molar-refractivity contribution is 6.01. The van der Waals surface area contributed by atoms with Crippen LogP contribution < -0.4 is 10.6 Å². The first-order chi connectivity index (χ1) is 13.6. The normalized spacial score (nSPS) is 19.2. The maximum atomic E-state index is 13.2. The van der Waals surface area contributed by atoms with Gasteiger partial charge in [-0.05, 0) is 32.8 Å². The molecule has 1 saturated heterocycles. The number of rotatable bonds is 4. The third-order valence-electron chi connectivity index (χ3n) is 5.56. The number of halogens is 1. The molecule has 0 bridgehead atoms. The lowest BCUT2D eigenvalue weighted by Gasteiger charge is -2.32. The molecular formula is C20H25ClN6O2. The molecule has 1 saturated carbocycles. The number of nitrogens with one attached hydrogen (secondary N) is 3. The van der Waals surface area contributed by atoms with E-state index in [-0.39, 0.29) is 24.4 Å². The summed E-state index contributed by atoms with van der Waals surface area (Å²) in [5.74, 6) is 1.83. The van der Waals surface area contributed by atoms with Crippen LogP contribution in [0.4, 0.5) is 11.6 Å². The Morgan fingerprint density at radius 3 is 2.97 bits per heavy atom. The Kier molecular flexibility index (Phi) is 5.23. The molecule has 154 valence electrons. The first-order valence-electron chi connectivity index (χ1n) is 9.83. The van der Waals surface area contributed by atoms with Gasteiger partial charge < -0.3 is 20.0 Å². The number of hydrogen-bond acceptors (Lipinski definition) is 6. The molecule has 5 rings (SSSR count). The second-order valence-electron chi connectivity index (χ2n) is 7.81. The van der Waals surface area contributed by atoms with E-state index < -0.39 is 0 Å². The lowest BCUT2D eigenvalue weighted by Crippen LogP contribution is -2.51. The molecule has 2 aliphatic rings. The Morgan fingerprint density at radius 1 is 1.38 bits per heavy atom. The summed E-state index contributed by atoms with van der Waals surface area (Å²) in [5, 5.41) is 14.9. The van der Waals surface area contributed by atoms with Gasteiger partial charge in [0.05, 0.1) is 11.6 Å². The number of anilines is 2. The SMILES string of the molecule is Cc1c(C(=O)N2CCN[C@H](C)C2)nc(Nc2cc(C3CC3)[nH]n2)c2ccoc12.Cl. The lowest BCUT2D eigenvalue weighted by molar-refractivity contribution is 0.0702. The number of hydrogen-bond donors (Lipinski definition) is 3. The molecule has 9 heteroatoms. The molecule has 8 nitrogen and oxygen atoms in total. The topological polar surface area (TPSA) is 99.1 Å². The molecule has 1 aliphatic heterocycles. The van der Waals surface area contributed by atoms with Crippen molar-refractivity contribution in [2.24, 2.45) is 0 Å². The van der Waals surface area contributed by atoms with Gasteiger partial charge in [-0.25, -0.2) is 4.98 Å². The van der Waals surface area contributed by atoms with Gasteiger partial charge in [-0.2, -0.15) is 5.10 Å². The van der Waals surface area contributed by atoms with Crippen LogP contribution in [0, 0.1) is 6.92 Å². The molecule has 3 aromatic rings. The fourth-order valence-corrected chi connectivity index (χ4v) is 3.85. The molecule has 4 heterocycles. The smallest absolute Gasteiger partial charge is 0.273 e. The molecule has 2 fully saturated rings. The second-order valence-corrected chi connectivity index (χ2v) is 7.81. The van der Waals surface area contributed by atoms with Crippen molar-refractivity contribution in [1.29, 1.82) is 0 Å². The van der Waals surface area contributed by atoms with Gasteiger partial charge in [0.15, 0.2) is 5.82 Å².